The number of hydrogen-bond donors (Lipinski definition) is 1. The number of halogens is 1. The second kappa shape index (κ2) is 7.86. The van der Waals surface area contributed by atoms with Gasteiger partial charge in [0.2, 0.25) is 0 Å². The Kier molecular flexibility index (Phi) is 5.36. The third-order valence-corrected chi connectivity index (χ3v) is 4.06. The van der Waals surface area contributed by atoms with Gasteiger partial charge in [-0.1, -0.05) is 66.2 Å². The molecule has 0 aliphatic rings. The van der Waals surface area contributed by atoms with Crippen LogP contribution >= 0.6 is 11.6 Å². The Bertz CT molecular complexity index is 845. The summed E-state index contributed by atoms with van der Waals surface area (Å²) in [4.78, 5) is 11.5. The predicted octanol–water partition coefficient (Wildman–Crippen LogP) is 5.08. The minimum absolute atomic E-state index is 0.246. The zero-order chi connectivity index (χ0) is 17.6. The SMILES string of the molecule is O=C(O)[C@H](Cc1cccc(Cl)c1)Oc1ccc(-c2ccccc2)cc1. The molecular weight excluding hydrogens is 336 g/mol. The molecule has 0 saturated heterocycles. The smallest absolute Gasteiger partial charge is 0.345 e. The number of carboxylic acids is 1. The van der Waals surface area contributed by atoms with Crippen molar-refractivity contribution in [2.24, 2.45) is 0 Å². The molecule has 0 saturated carbocycles. The van der Waals surface area contributed by atoms with E-state index in [0.29, 0.717) is 10.8 Å². The standard InChI is InChI=1S/C21H17ClO3/c22-18-8-4-5-15(13-18)14-20(21(23)24)25-19-11-9-17(10-12-19)16-6-2-1-3-7-16/h1-13,20H,14H2,(H,23,24)/t20-/m0/s1. The van der Waals surface area contributed by atoms with E-state index in [4.69, 9.17) is 16.3 Å². The van der Waals surface area contributed by atoms with E-state index in [0.717, 1.165) is 16.7 Å². The number of hydrogen-bond acceptors (Lipinski definition) is 2. The van der Waals surface area contributed by atoms with Crippen molar-refractivity contribution in [2.75, 3.05) is 0 Å². The molecule has 0 aromatic heterocycles. The molecule has 1 N–H and O–H groups in total. The van der Waals surface area contributed by atoms with E-state index < -0.39 is 12.1 Å². The molecule has 3 rings (SSSR count). The first-order valence-electron chi connectivity index (χ1n) is 7.91. The van der Waals surface area contributed by atoms with Crippen LogP contribution in [0.4, 0.5) is 0 Å². The topological polar surface area (TPSA) is 46.5 Å². The summed E-state index contributed by atoms with van der Waals surface area (Å²) >= 11 is 5.96. The summed E-state index contributed by atoms with van der Waals surface area (Å²) in [6.45, 7) is 0. The van der Waals surface area contributed by atoms with Crippen molar-refractivity contribution < 1.29 is 14.6 Å². The van der Waals surface area contributed by atoms with Crippen LogP contribution in [-0.2, 0) is 11.2 Å². The zero-order valence-corrected chi connectivity index (χ0v) is 14.2. The van der Waals surface area contributed by atoms with E-state index in [2.05, 4.69) is 0 Å². The molecule has 0 spiro atoms. The third-order valence-electron chi connectivity index (χ3n) is 3.83. The molecule has 126 valence electrons. The molecule has 3 nitrogen and oxygen atoms in total. The van der Waals surface area contributed by atoms with Gasteiger partial charge in [-0.2, -0.15) is 0 Å². The first kappa shape index (κ1) is 17.1. The Labute approximate surface area is 151 Å². The Balaban J connectivity index is 1.73. The van der Waals surface area contributed by atoms with Crippen molar-refractivity contribution in [3.63, 3.8) is 0 Å². The first-order chi connectivity index (χ1) is 12.1. The van der Waals surface area contributed by atoms with Gasteiger partial charge in [-0.15, -0.1) is 0 Å². The van der Waals surface area contributed by atoms with Gasteiger partial charge in [0.15, 0.2) is 6.10 Å². The molecule has 0 fully saturated rings. The monoisotopic (exact) mass is 352 g/mol. The summed E-state index contributed by atoms with van der Waals surface area (Å²) < 4.78 is 5.67. The van der Waals surface area contributed by atoms with Gasteiger partial charge in [0.05, 0.1) is 0 Å². The highest BCUT2D eigenvalue weighted by Crippen LogP contribution is 2.23. The van der Waals surface area contributed by atoms with Crippen LogP contribution < -0.4 is 4.74 Å². The van der Waals surface area contributed by atoms with Crippen LogP contribution in [0.2, 0.25) is 5.02 Å². The maximum absolute atomic E-state index is 11.5. The van der Waals surface area contributed by atoms with E-state index in [1.807, 2.05) is 48.5 Å². The molecule has 1 atom stereocenters. The summed E-state index contributed by atoms with van der Waals surface area (Å²) in [5.74, 6) is -0.485. The maximum Gasteiger partial charge on any atom is 0.345 e. The van der Waals surface area contributed by atoms with E-state index in [1.165, 1.54) is 0 Å². The molecule has 0 heterocycles. The Hall–Kier alpha value is -2.78. The average molecular weight is 353 g/mol. The fraction of sp³-hybridized carbons (Fsp3) is 0.0952. The van der Waals surface area contributed by atoms with Crippen LogP contribution in [0.15, 0.2) is 78.9 Å². The summed E-state index contributed by atoms with van der Waals surface area (Å²) in [5, 5.41) is 10.0. The van der Waals surface area contributed by atoms with Crippen LogP contribution in [0.3, 0.4) is 0 Å². The van der Waals surface area contributed by atoms with Gasteiger partial charge in [0.1, 0.15) is 5.75 Å². The van der Waals surface area contributed by atoms with Crippen LogP contribution in [-0.4, -0.2) is 17.2 Å². The Morgan fingerprint density at radius 2 is 1.60 bits per heavy atom. The summed E-state index contributed by atoms with van der Waals surface area (Å²) in [5.41, 5.74) is 2.97. The largest absolute Gasteiger partial charge is 0.478 e. The van der Waals surface area contributed by atoms with E-state index >= 15 is 0 Å². The Morgan fingerprint density at radius 1 is 0.920 bits per heavy atom. The van der Waals surface area contributed by atoms with Crippen molar-refractivity contribution in [1.29, 1.82) is 0 Å². The zero-order valence-electron chi connectivity index (χ0n) is 13.4. The molecule has 0 aliphatic carbocycles. The molecule has 3 aromatic carbocycles. The molecule has 0 unspecified atom stereocenters. The molecule has 0 radical (unpaired) electrons. The van der Waals surface area contributed by atoms with Crippen molar-refractivity contribution in [3.8, 4) is 16.9 Å². The van der Waals surface area contributed by atoms with Gasteiger partial charge in [-0.3, -0.25) is 0 Å². The second-order valence-corrected chi connectivity index (χ2v) is 6.11. The van der Waals surface area contributed by atoms with E-state index in [9.17, 15) is 9.90 Å². The minimum atomic E-state index is -1.01. The highest BCUT2D eigenvalue weighted by Gasteiger charge is 2.20. The van der Waals surface area contributed by atoms with Crippen molar-refractivity contribution in [2.45, 2.75) is 12.5 Å². The Morgan fingerprint density at radius 3 is 2.24 bits per heavy atom. The quantitative estimate of drug-likeness (QED) is 0.672. The molecule has 3 aromatic rings. The lowest BCUT2D eigenvalue weighted by Crippen LogP contribution is -2.29. The summed E-state index contributed by atoms with van der Waals surface area (Å²) in [7, 11) is 0. The molecule has 0 aliphatic heterocycles. The van der Waals surface area contributed by atoms with Gasteiger partial charge >= 0.3 is 5.97 Å². The predicted molar refractivity (Wildman–Crippen MR) is 99.1 cm³/mol. The second-order valence-electron chi connectivity index (χ2n) is 5.67. The lowest BCUT2D eigenvalue weighted by molar-refractivity contribution is -0.145. The molecule has 4 heteroatoms. The van der Waals surface area contributed by atoms with E-state index in [-0.39, 0.29) is 6.42 Å². The van der Waals surface area contributed by atoms with Crippen molar-refractivity contribution in [3.05, 3.63) is 89.4 Å². The third kappa shape index (κ3) is 4.61. The molecule has 0 amide bonds. The fourth-order valence-corrected chi connectivity index (χ4v) is 2.79. The van der Waals surface area contributed by atoms with Gasteiger partial charge in [0.25, 0.3) is 0 Å². The highest BCUT2D eigenvalue weighted by molar-refractivity contribution is 6.30. The minimum Gasteiger partial charge on any atom is -0.478 e. The number of carbonyl (C=O) groups is 1. The van der Waals surface area contributed by atoms with Crippen LogP contribution in [0.1, 0.15) is 5.56 Å². The molecule has 25 heavy (non-hydrogen) atoms. The van der Waals surface area contributed by atoms with Gasteiger partial charge in [-0.25, -0.2) is 4.79 Å². The van der Waals surface area contributed by atoms with Crippen molar-refractivity contribution in [1.82, 2.24) is 0 Å². The lowest BCUT2D eigenvalue weighted by Gasteiger charge is -2.16. The number of carboxylic acid groups (broad SMARTS) is 1. The summed E-state index contributed by atoms with van der Waals surface area (Å²) in [6, 6.07) is 24.5. The fourth-order valence-electron chi connectivity index (χ4n) is 2.58. The number of rotatable bonds is 6. The van der Waals surface area contributed by atoms with Crippen molar-refractivity contribution >= 4 is 17.6 Å². The van der Waals surface area contributed by atoms with Crippen LogP contribution in [0.5, 0.6) is 5.75 Å². The lowest BCUT2D eigenvalue weighted by atomic mass is 10.1. The number of aliphatic carboxylic acids is 1. The van der Waals surface area contributed by atoms with Crippen LogP contribution in [0.25, 0.3) is 11.1 Å². The maximum atomic E-state index is 11.5. The molecule has 0 bridgehead atoms. The number of ether oxygens (including phenoxy) is 1. The summed E-state index contributed by atoms with van der Waals surface area (Å²) in [6.07, 6.45) is -0.725. The van der Waals surface area contributed by atoms with Gasteiger partial charge < -0.3 is 9.84 Å². The highest BCUT2D eigenvalue weighted by atomic mass is 35.5. The number of benzene rings is 3. The molecular formula is C21H17ClO3. The van der Waals surface area contributed by atoms with Gasteiger partial charge in [0, 0.05) is 11.4 Å². The normalized spacial score (nSPS) is 11.7. The van der Waals surface area contributed by atoms with Gasteiger partial charge in [-0.05, 0) is 41.0 Å². The first-order valence-corrected chi connectivity index (χ1v) is 8.29. The van der Waals surface area contributed by atoms with E-state index in [1.54, 1.807) is 30.3 Å². The average Bonchev–Trinajstić information content (AvgIpc) is 2.62. The van der Waals surface area contributed by atoms with Crippen LogP contribution in [0, 0.1) is 0 Å².